The maximum atomic E-state index is 11.2. The van der Waals surface area contributed by atoms with Gasteiger partial charge in [-0.3, -0.25) is 9.48 Å². The van der Waals surface area contributed by atoms with Crippen molar-refractivity contribution >= 4 is 5.97 Å². The summed E-state index contributed by atoms with van der Waals surface area (Å²) in [6.07, 6.45) is 3.19. The normalized spacial score (nSPS) is 10.8. The van der Waals surface area contributed by atoms with Crippen LogP contribution in [0.1, 0.15) is 19.0 Å². The van der Waals surface area contributed by atoms with Crippen LogP contribution in [0.4, 0.5) is 0 Å². The topological polar surface area (TPSA) is 47.4 Å². The Kier molecular flexibility index (Phi) is 5.69. The molecule has 5 heteroatoms. The van der Waals surface area contributed by atoms with Crippen molar-refractivity contribution in [2.45, 2.75) is 19.8 Å². The summed E-state index contributed by atoms with van der Waals surface area (Å²) in [6, 6.07) is 2.01. The van der Waals surface area contributed by atoms with Crippen LogP contribution in [-0.2, 0) is 23.0 Å². The minimum absolute atomic E-state index is 0.125. The van der Waals surface area contributed by atoms with Crippen molar-refractivity contribution in [1.29, 1.82) is 0 Å². The van der Waals surface area contributed by atoms with Gasteiger partial charge in [0.15, 0.2) is 0 Å². The van der Waals surface area contributed by atoms with Crippen molar-refractivity contribution in [3.63, 3.8) is 0 Å². The van der Waals surface area contributed by atoms with Gasteiger partial charge in [0.2, 0.25) is 0 Å². The highest BCUT2D eigenvalue weighted by molar-refractivity contribution is 5.69. The third-order valence-electron chi connectivity index (χ3n) is 2.68. The van der Waals surface area contributed by atoms with E-state index in [1.807, 2.05) is 31.8 Å². The Morgan fingerprint density at radius 3 is 2.88 bits per heavy atom. The van der Waals surface area contributed by atoms with Gasteiger partial charge >= 0.3 is 5.97 Å². The summed E-state index contributed by atoms with van der Waals surface area (Å²) in [5.41, 5.74) is 1.20. The lowest BCUT2D eigenvalue weighted by Gasteiger charge is -2.15. The second-order valence-electron chi connectivity index (χ2n) is 4.05. The van der Waals surface area contributed by atoms with Gasteiger partial charge in [-0.1, -0.05) is 0 Å². The number of hydrogen-bond donors (Lipinski definition) is 0. The SMILES string of the molecule is CCOC(=O)CCN(C)CCc1ccnn1C. The van der Waals surface area contributed by atoms with Crippen LogP contribution in [0.3, 0.4) is 0 Å². The van der Waals surface area contributed by atoms with Crippen molar-refractivity contribution in [3.05, 3.63) is 18.0 Å². The second-order valence-corrected chi connectivity index (χ2v) is 4.05. The van der Waals surface area contributed by atoms with Gasteiger partial charge < -0.3 is 9.64 Å². The Morgan fingerprint density at radius 2 is 2.29 bits per heavy atom. The molecule has 0 atom stereocenters. The standard InChI is InChI=1S/C12H21N3O2/c1-4-17-12(16)7-10-14(2)9-6-11-5-8-13-15(11)3/h5,8H,4,6-7,9-10H2,1-3H3. The summed E-state index contributed by atoms with van der Waals surface area (Å²) < 4.78 is 6.76. The van der Waals surface area contributed by atoms with Gasteiger partial charge in [-0.15, -0.1) is 0 Å². The highest BCUT2D eigenvalue weighted by Crippen LogP contribution is 1.99. The molecule has 0 unspecified atom stereocenters. The quantitative estimate of drug-likeness (QED) is 0.662. The zero-order valence-corrected chi connectivity index (χ0v) is 10.8. The van der Waals surface area contributed by atoms with E-state index in [0.717, 1.165) is 19.5 Å². The lowest BCUT2D eigenvalue weighted by molar-refractivity contribution is -0.143. The fraction of sp³-hybridized carbons (Fsp3) is 0.667. The summed E-state index contributed by atoms with van der Waals surface area (Å²) in [6.45, 7) is 3.93. The molecule has 0 aliphatic heterocycles. The molecule has 0 bridgehead atoms. The van der Waals surface area contributed by atoms with E-state index in [4.69, 9.17) is 4.74 Å². The number of carbonyl (C=O) groups excluding carboxylic acids is 1. The van der Waals surface area contributed by atoms with Crippen LogP contribution in [0.2, 0.25) is 0 Å². The van der Waals surface area contributed by atoms with Crippen molar-refractivity contribution in [3.8, 4) is 0 Å². The van der Waals surface area contributed by atoms with E-state index >= 15 is 0 Å². The van der Waals surface area contributed by atoms with E-state index in [9.17, 15) is 4.79 Å². The average molecular weight is 239 g/mol. The van der Waals surface area contributed by atoms with Crippen LogP contribution < -0.4 is 0 Å². The first-order valence-corrected chi connectivity index (χ1v) is 5.94. The molecule has 0 aliphatic rings. The molecular formula is C12H21N3O2. The van der Waals surface area contributed by atoms with E-state index in [2.05, 4.69) is 10.00 Å². The number of aromatic nitrogens is 2. The molecule has 1 aromatic rings. The number of nitrogens with zero attached hydrogens (tertiary/aromatic N) is 3. The molecule has 0 radical (unpaired) electrons. The van der Waals surface area contributed by atoms with Crippen LogP contribution in [-0.4, -0.2) is 47.4 Å². The molecule has 0 spiro atoms. The Morgan fingerprint density at radius 1 is 1.53 bits per heavy atom. The van der Waals surface area contributed by atoms with E-state index in [-0.39, 0.29) is 5.97 Å². The monoisotopic (exact) mass is 239 g/mol. The van der Waals surface area contributed by atoms with Gasteiger partial charge in [-0.05, 0) is 20.0 Å². The average Bonchev–Trinajstić information content (AvgIpc) is 2.70. The number of hydrogen-bond acceptors (Lipinski definition) is 4. The Labute approximate surface area is 102 Å². The predicted molar refractivity (Wildman–Crippen MR) is 65.7 cm³/mol. The molecule has 0 fully saturated rings. The molecule has 1 heterocycles. The highest BCUT2D eigenvalue weighted by Gasteiger charge is 2.06. The van der Waals surface area contributed by atoms with Crippen molar-refractivity contribution in [2.75, 3.05) is 26.7 Å². The van der Waals surface area contributed by atoms with Crippen molar-refractivity contribution < 1.29 is 9.53 Å². The lowest BCUT2D eigenvalue weighted by Crippen LogP contribution is -2.25. The Hall–Kier alpha value is -1.36. The summed E-state index contributed by atoms with van der Waals surface area (Å²) in [5, 5.41) is 4.12. The van der Waals surface area contributed by atoms with E-state index < -0.39 is 0 Å². The van der Waals surface area contributed by atoms with Crippen molar-refractivity contribution in [2.24, 2.45) is 7.05 Å². The zero-order valence-electron chi connectivity index (χ0n) is 10.8. The van der Waals surface area contributed by atoms with E-state index in [1.54, 1.807) is 6.20 Å². The Balaban J connectivity index is 2.19. The molecule has 0 aromatic carbocycles. The van der Waals surface area contributed by atoms with Crippen molar-refractivity contribution in [1.82, 2.24) is 14.7 Å². The summed E-state index contributed by atoms with van der Waals surface area (Å²) in [7, 11) is 3.95. The number of carbonyl (C=O) groups is 1. The first kappa shape index (κ1) is 13.7. The molecule has 96 valence electrons. The maximum absolute atomic E-state index is 11.2. The second kappa shape index (κ2) is 7.06. The molecule has 5 nitrogen and oxygen atoms in total. The molecule has 0 aliphatic carbocycles. The summed E-state index contributed by atoms with van der Waals surface area (Å²) in [5.74, 6) is -0.125. The largest absolute Gasteiger partial charge is 0.466 e. The van der Waals surface area contributed by atoms with Crippen LogP contribution in [0, 0.1) is 0 Å². The minimum atomic E-state index is -0.125. The molecule has 0 N–H and O–H groups in total. The highest BCUT2D eigenvalue weighted by atomic mass is 16.5. The summed E-state index contributed by atoms with van der Waals surface area (Å²) >= 11 is 0. The van der Waals surface area contributed by atoms with E-state index in [0.29, 0.717) is 13.0 Å². The van der Waals surface area contributed by atoms with Gasteiger partial charge in [0, 0.05) is 38.4 Å². The molecule has 1 aromatic heterocycles. The van der Waals surface area contributed by atoms with Crippen LogP contribution in [0.25, 0.3) is 0 Å². The molecule has 0 saturated heterocycles. The molecule has 17 heavy (non-hydrogen) atoms. The van der Waals surface area contributed by atoms with Gasteiger partial charge in [-0.2, -0.15) is 5.10 Å². The zero-order chi connectivity index (χ0) is 12.7. The van der Waals surface area contributed by atoms with Crippen LogP contribution in [0.15, 0.2) is 12.3 Å². The number of esters is 1. The fourth-order valence-corrected chi connectivity index (χ4v) is 1.58. The van der Waals surface area contributed by atoms with Gasteiger partial charge in [0.1, 0.15) is 0 Å². The van der Waals surface area contributed by atoms with Gasteiger partial charge in [-0.25, -0.2) is 0 Å². The molecule has 1 rings (SSSR count). The fourth-order valence-electron chi connectivity index (χ4n) is 1.58. The molecule has 0 amide bonds. The van der Waals surface area contributed by atoms with Gasteiger partial charge in [0.25, 0.3) is 0 Å². The lowest BCUT2D eigenvalue weighted by atomic mass is 10.3. The van der Waals surface area contributed by atoms with Crippen LogP contribution in [0.5, 0.6) is 0 Å². The summed E-state index contributed by atoms with van der Waals surface area (Å²) in [4.78, 5) is 13.3. The molecular weight excluding hydrogens is 218 g/mol. The van der Waals surface area contributed by atoms with Crippen LogP contribution >= 0.6 is 0 Å². The Bertz CT molecular complexity index is 349. The van der Waals surface area contributed by atoms with E-state index in [1.165, 1.54) is 5.69 Å². The minimum Gasteiger partial charge on any atom is -0.466 e. The first-order valence-electron chi connectivity index (χ1n) is 5.94. The number of ether oxygens (including phenoxy) is 1. The molecule has 0 saturated carbocycles. The number of likely N-dealkylation sites (N-methyl/N-ethyl adjacent to an activating group) is 1. The number of rotatable bonds is 7. The van der Waals surface area contributed by atoms with Gasteiger partial charge in [0.05, 0.1) is 13.0 Å². The number of aryl methyl sites for hydroxylation is 1. The maximum Gasteiger partial charge on any atom is 0.307 e. The first-order chi connectivity index (χ1) is 8.13. The predicted octanol–water partition coefficient (Wildman–Crippen LogP) is 0.848. The third-order valence-corrected chi connectivity index (χ3v) is 2.68. The third kappa shape index (κ3) is 4.99. The smallest absolute Gasteiger partial charge is 0.307 e.